The molecule has 0 fully saturated rings. The Bertz CT molecular complexity index is 1030. The molecule has 4 aromatic rings. The van der Waals surface area contributed by atoms with Gasteiger partial charge in [0.15, 0.2) is 23.2 Å². The molecule has 0 aliphatic carbocycles. The van der Waals surface area contributed by atoms with E-state index in [1.807, 2.05) is 42.5 Å². The largest absolute Gasteiger partial charge is 0.382 e. The van der Waals surface area contributed by atoms with E-state index in [4.69, 9.17) is 11.5 Å². The molecule has 0 aliphatic heterocycles. The fraction of sp³-hybridized carbons (Fsp3) is 0.0556. The third-order valence-corrected chi connectivity index (χ3v) is 3.96. The number of aromatic amines is 1. The molecule has 0 saturated heterocycles. The summed E-state index contributed by atoms with van der Waals surface area (Å²) in [7, 11) is 0. The highest BCUT2D eigenvalue weighted by Gasteiger charge is 2.19. The molecular weight excluding hydrogens is 319 g/mol. The van der Waals surface area contributed by atoms with Crippen LogP contribution in [-0.4, -0.2) is 19.9 Å². The molecule has 2 aromatic carbocycles. The molecule has 7 heteroatoms. The fourth-order valence-electron chi connectivity index (χ4n) is 2.71. The highest BCUT2D eigenvalue weighted by molar-refractivity contribution is 5.82. The maximum Gasteiger partial charge on any atom is 0.224 e. The van der Waals surface area contributed by atoms with Gasteiger partial charge in [0.1, 0.15) is 5.82 Å². The van der Waals surface area contributed by atoms with Crippen LogP contribution in [-0.2, 0) is 0 Å². The molecule has 6 nitrogen and oxygen atoms in total. The zero-order chi connectivity index (χ0) is 17.4. The van der Waals surface area contributed by atoms with Gasteiger partial charge in [-0.25, -0.2) is 9.37 Å². The number of benzene rings is 2. The molecule has 1 atom stereocenters. The molecule has 0 spiro atoms. The number of hydrogen-bond donors (Lipinski definition) is 3. The molecule has 25 heavy (non-hydrogen) atoms. The van der Waals surface area contributed by atoms with Gasteiger partial charge >= 0.3 is 0 Å². The number of hydrogen-bond acceptors (Lipinski definition) is 5. The maximum atomic E-state index is 14.9. The van der Waals surface area contributed by atoms with Crippen LogP contribution in [0.15, 0.2) is 54.6 Å². The van der Waals surface area contributed by atoms with Crippen LogP contribution in [0.25, 0.3) is 22.3 Å². The van der Waals surface area contributed by atoms with Crippen LogP contribution in [0.4, 0.5) is 16.2 Å². The molecule has 0 radical (unpaired) electrons. The van der Waals surface area contributed by atoms with Gasteiger partial charge in [-0.3, -0.25) is 0 Å². The minimum atomic E-state index is -1.43. The second-order valence-corrected chi connectivity index (χ2v) is 5.64. The van der Waals surface area contributed by atoms with Crippen molar-refractivity contribution in [3.05, 3.63) is 66.0 Å². The predicted molar refractivity (Wildman–Crippen MR) is 95.3 cm³/mol. The number of rotatable bonds is 3. The quantitative estimate of drug-likeness (QED) is 0.533. The number of nitrogens with two attached hydrogens (primary N) is 2. The average Bonchev–Trinajstić information content (AvgIpc) is 3.06. The van der Waals surface area contributed by atoms with Crippen LogP contribution in [0.1, 0.15) is 17.6 Å². The second kappa shape index (κ2) is 5.86. The second-order valence-electron chi connectivity index (χ2n) is 5.64. The zero-order valence-corrected chi connectivity index (χ0v) is 13.1. The maximum absolute atomic E-state index is 14.9. The Morgan fingerprint density at radius 1 is 0.840 bits per heavy atom. The van der Waals surface area contributed by atoms with Crippen LogP contribution < -0.4 is 11.5 Å². The van der Waals surface area contributed by atoms with Gasteiger partial charge in [0, 0.05) is 0 Å². The van der Waals surface area contributed by atoms with Crippen molar-refractivity contribution in [1.82, 2.24) is 19.9 Å². The topological polar surface area (TPSA) is 106 Å². The summed E-state index contributed by atoms with van der Waals surface area (Å²) in [5.41, 5.74) is 14.5. The van der Waals surface area contributed by atoms with Crippen molar-refractivity contribution in [2.75, 3.05) is 11.5 Å². The number of nitrogen functional groups attached to an aromatic ring is 2. The van der Waals surface area contributed by atoms with Crippen molar-refractivity contribution >= 4 is 22.9 Å². The standard InChI is InChI=1S/C18H15FN6/c19-13(16-22-14-15(20)23-18(21)25-17(14)24-16)12-8-6-11(7-9-12)10-4-2-1-3-5-10/h1-9,13H,(H5,20,21,22,23,24,25). The summed E-state index contributed by atoms with van der Waals surface area (Å²) in [5.74, 6) is 0.258. The van der Waals surface area contributed by atoms with Gasteiger partial charge in [0.2, 0.25) is 5.95 Å². The Morgan fingerprint density at radius 2 is 1.52 bits per heavy atom. The van der Waals surface area contributed by atoms with E-state index in [1.54, 1.807) is 12.1 Å². The van der Waals surface area contributed by atoms with E-state index in [1.165, 1.54) is 0 Å². The Balaban J connectivity index is 1.67. The van der Waals surface area contributed by atoms with Crippen LogP contribution >= 0.6 is 0 Å². The number of nitrogens with zero attached hydrogens (tertiary/aromatic N) is 3. The highest BCUT2D eigenvalue weighted by atomic mass is 19.1. The van der Waals surface area contributed by atoms with Crippen molar-refractivity contribution in [2.45, 2.75) is 6.17 Å². The molecule has 1 unspecified atom stereocenters. The van der Waals surface area contributed by atoms with E-state index >= 15 is 0 Å². The van der Waals surface area contributed by atoms with Gasteiger partial charge in [-0.05, 0) is 16.7 Å². The van der Waals surface area contributed by atoms with E-state index in [9.17, 15) is 4.39 Å². The molecule has 0 bridgehead atoms. The average molecular weight is 334 g/mol. The van der Waals surface area contributed by atoms with Gasteiger partial charge < -0.3 is 16.5 Å². The lowest BCUT2D eigenvalue weighted by molar-refractivity contribution is 0.387. The first-order valence-corrected chi connectivity index (χ1v) is 7.70. The third-order valence-electron chi connectivity index (χ3n) is 3.96. The van der Waals surface area contributed by atoms with Gasteiger partial charge in [-0.15, -0.1) is 0 Å². The molecule has 5 N–H and O–H groups in total. The van der Waals surface area contributed by atoms with Gasteiger partial charge in [0.05, 0.1) is 0 Å². The van der Waals surface area contributed by atoms with Crippen molar-refractivity contribution in [3.8, 4) is 11.1 Å². The Labute approximate surface area is 142 Å². The normalized spacial score (nSPS) is 12.4. The molecule has 4 rings (SSSR count). The SMILES string of the molecule is Nc1nc(N)c2nc(C(F)c3ccc(-c4ccccc4)cc3)[nH]c2n1. The van der Waals surface area contributed by atoms with Crippen LogP contribution in [0, 0.1) is 0 Å². The fourth-order valence-corrected chi connectivity index (χ4v) is 2.71. The minimum Gasteiger partial charge on any atom is -0.382 e. The monoisotopic (exact) mass is 334 g/mol. The summed E-state index contributed by atoms with van der Waals surface area (Å²) in [6, 6.07) is 17.1. The van der Waals surface area contributed by atoms with Crippen molar-refractivity contribution in [2.24, 2.45) is 0 Å². The molecule has 0 aliphatic rings. The van der Waals surface area contributed by atoms with Crippen molar-refractivity contribution in [3.63, 3.8) is 0 Å². The summed E-state index contributed by atoms with van der Waals surface area (Å²) in [6.45, 7) is 0. The minimum absolute atomic E-state index is 0.0165. The van der Waals surface area contributed by atoms with E-state index in [0.717, 1.165) is 11.1 Å². The molecular formula is C18H15FN6. The van der Waals surface area contributed by atoms with Crippen LogP contribution in [0.5, 0.6) is 0 Å². The Morgan fingerprint density at radius 3 is 2.24 bits per heavy atom. The summed E-state index contributed by atoms with van der Waals surface area (Å²) >= 11 is 0. The number of alkyl halides is 1. The highest BCUT2D eigenvalue weighted by Crippen LogP contribution is 2.29. The van der Waals surface area contributed by atoms with E-state index < -0.39 is 6.17 Å². The van der Waals surface area contributed by atoms with E-state index in [2.05, 4.69) is 19.9 Å². The number of imidazole rings is 1. The Hall–Kier alpha value is -3.48. The van der Waals surface area contributed by atoms with Crippen LogP contribution in [0.2, 0.25) is 0 Å². The first-order chi connectivity index (χ1) is 12.1. The first kappa shape index (κ1) is 15.1. The third kappa shape index (κ3) is 2.76. The molecule has 2 heterocycles. The lowest BCUT2D eigenvalue weighted by Gasteiger charge is -2.07. The van der Waals surface area contributed by atoms with Gasteiger partial charge in [0.25, 0.3) is 0 Å². The number of H-pyrrole nitrogens is 1. The summed E-state index contributed by atoms with van der Waals surface area (Å²) in [6.07, 6.45) is -1.43. The number of halogens is 1. The molecule has 0 amide bonds. The zero-order valence-electron chi connectivity index (χ0n) is 13.1. The number of anilines is 2. The summed E-state index contributed by atoms with van der Waals surface area (Å²) < 4.78 is 14.9. The smallest absolute Gasteiger partial charge is 0.224 e. The summed E-state index contributed by atoms with van der Waals surface area (Å²) in [5, 5.41) is 0. The van der Waals surface area contributed by atoms with E-state index in [0.29, 0.717) is 16.7 Å². The predicted octanol–water partition coefficient (Wildman–Crippen LogP) is 3.24. The lowest BCUT2D eigenvalue weighted by Crippen LogP contribution is -1.99. The molecule has 0 saturated carbocycles. The molecule has 2 aromatic heterocycles. The number of fused-ring (bicyclic) bond motifs is 1. The Kier molecular flexibility index (Phi) is 3.53. The number of aromatic nitrogens is 4. The van der Waals surface area contributed by atoms with Crippen molar-refractivity contribution in [1.29, 1.82) is 0 Å². The number of nitrogens with one attached hydrogen (secondary N) is 1. The van der Waals surface area contributed by atoms with Crippen LogP contribution in [0.3, 0.4) is 0 Å². The summed E-state index contributed by atoms with van der Waals surface area (Å²) in [4.78, 5) is 14.8. The van der Waals surface area contributed by atoms with Crippen molar-refractivity contribution < 1.29 is 4.39 Å². The van der Waals surface area contributed by atoms with Gasteiger partial charge in [-0.2, -0.15) is 9.97 Å². The van der Waals surface area contributed by atoms with E-state index in [-0.39, 0.29) is 17.6 Å². The molecule has 124 valence electrons. The lowest BCUT2D eigenvalue weighted by atomic mass is 10.0. The first-order valence-electron chi connectivity index (χ1n) is 7.70. The van der Waals surface area contributed by atoms with Gasteiger partial charge in [-0.1, -0.05) is 54.6 Å².